The highest BCUT2D eigenvalue weighted by atomic mass is 16.7. The van der Waals surface area contributed by atoms with Crippen LogP contribution in [-0.2, 0) is 16.1 Å². The number of nitrogens with zero attached hydrogens (tertiary/aromatic N) is 1. The minimum atomic E-state index is -0.445. The van der Waals surface area contributed by atoms with Crippen LogP contribution >= 0.6 is 0 Å². The number of hydrogen-bond donors (Lipinski definition) is 2. The first kappa shape index (κ1) is 27.3. The zero-order valence-electron chi connectivity index (χ0n) is 21.8. The van der Waals surface area contributed by atoms with Gasteiger partial charge in [-0.25, -0.2) is 9.59 Å². The molecule has 2 aromatic rings. The summed E-state index contributed by atoms with van der Waals surface area (Å²) in [5.74, 6) is 0.824. The van der Waals surface area contributed by atoms with Gasteiger partial charge in [0.05, 0.1) is 25.2 Å². The van der Waals surface area contributed by atoms with E-state index in [-0.39, 0.29) is 12.0 Å². The van der Waals surface area contributed by atoms with Crippen LogP contribution in [0.2, 0.25) is 0 Å². The minimum Gasteiger partial charge on any atom is -0.493 e. The Hall–Kier alpha value is -3.26. The number of nitrogens with one attached hydrogen (secondary N) is 2. The quantitative estimate of drug-likeness (QED) is 0.330. The van der Waals surface area contributed by atoms with Gasteiger partial charge in [-0.05, 0) is 70.2 Å². The first-order chi connectivity index (χ1) is 17.4. The molecule has 3 rings (SSSR count). The molecule has 0 unspecified atom stereocenters. The van der Waals surface area contributed by atoms with Crippen LogP contribution in [0, 0.1) is 12.8 Å². The molecule has 8 heteroatoms. The summed E-state index contributed by atoms with van der Waals surface area (Å²) in [5.41, 5.74) is 5.46. The van der Waals surface area contributed by atoms with Gasteiger partial charge in [0.25, 0.3) is 0 Å². The van der Waals surface area contributed by atoms with Crippen molar-refractivity contribution < 1.29 is 23.9 Å². The number of ether oxygens (including phenoxy) is 2. The Morgan fingerprint density at radius 1 is 1.06 bits per heavy atom. The number of amides is 2. The highest BCUT2D eigenvalue weighted by Gasteiger charge is 2.29. The molecule has 0 saturated carbocycles. The van der Waals surface area contributed by atoms with Gasteiger partial charge in [0, 0.05) is 25.2 Å². The summed E-state index contributed by atoms with van der Waals surface area (Å²) in [6, 6.07) is 13.5. The molecule has 1 saturated heterocycles. The van der Waals surface area contributed by atoms with Crippen LogP contribution in [-0.4, -0.2) is 49.7 Å². The van der Waals surface area contributed by atoms with E-state index in [0.717, 1.165) is 41.9 Å². The molecule has 1 atom stereocenters. The summed E-state index contributed by atoms with van der Waals surface area (Å²) in [6.07, 6.45) is 2.66. The van der Waals surface area contributed by atoms with Crippen LogP contribution in [0.3, 0.4) is 0 Å². The lowest BCUT2D eigenvalue weighted by Crippen LogP contribution is -2.50. The molecule has 2 N–H and O–H groups in total. The fraction of sp³-hybridized carbons (Fsp3) is 0.500. The van der Waals surface area contributed by atoms with Crippen LogP contribution in [0.5, 0.6) is 11.5 Å². The highest BCUT2D eigenvalue weighted by molar-refractivity contribution is 5.78. The number of unbranched alkanes of at least 4 members (excludes halogenated alkanes) is 1. The lowest BCUT2D eigenvalue weighted by atomic mass is 10.0. The number of benzene rings is 2. The summed E-state index contributed by atoms with van der Waals surface area (Å²) in [7, 11) is 0. The number of carbonyl (C=O) groups is 2. The van der Waals surface area contributed by atoms with E-state index in [2.05, 4.69) is 22.9 Å². The van der Waals surface area contributed by atoms with Crippen LogP contribution < -0.4 is 20.3 Å². The van der Waals surface area contributed by atoms with Gasteiger partial charge in [0.1, 0.15) is 11.5 Å². The third kappa shape index (κ3) is 7.37. The number of urea groups is 1. The predicted octanol–water partition coefficient (Wildman–Crippen LogP) is 4.57. The standard InChI is InChI=1S/C28H39N3O5/c1-5-34-25-16-23(17-26(20(25)3)35-6-2)21(4)31(15-11-10-14-22-12-8-7-9-13-22)28(33)30-36-27(32)24-18-29-19-24/h7-9,12-13,16-17,21,24,29H,5-6,10-11,14-15,18-19H2,1-4H3,(H,30,33)/t21-/m1/s1. The zero-order chi connectivity index (χ0) is 25.9. The average molecular weight is 498 g/mol. The largest absolute Gasteiger partial charge is 0.493 e. The zero-order valence-corrected chi connectivity index (χ0v) is 21.8. The molecule has 36 heavy (non-hydrogen) atoms. The molecule has 0 aliphatic carbocycles. The lowest BCUT2D eigenvalue weighted by molar-refractivity contribution is -0.156. The van der Waals surface area contributed by atoms with Crippen molar-refractivity contribution in [3.05, 3.63) is 59.2 Å². The van der Waals surface area contributed by atoms with E-state index < -0.39 is 12.0 Å². The minimum absolute atomic E-state index is 0.221. The van der Waals surface area contributed by atoms with Gasteiger partial charge >= 0.3 is 12.0 Å². The van der Waals surface area contributed by atoms with Gasteiger partial charge in [-0.3, -0.25) is 0 Å². The Balaban J connectivity index is 1.74. The van der Waals surface area contributed by atoms with Crippen molar-refractivity contribution in [3.63, 3.8) is 0 Å². The molecular weight excluding hydrogens is 458 g/mol. The van der Waals surface area contributed by atoms with E-state index in [9.17, 15) is 9.59 Å². The topological polar surface area (TPSA) is 89.1 Å². The number of carbonyl (C=O) groups excluding carboxylic acids is 2. The lowest BCUT2D eigenvalue weighted by Gasteiger charge is -2.31. The molecular formula is C28H39N3O5. The van der Waals surface area contributed by atoms with Crippen molar-refractivity contribution >= 4 is 12.0 Å². The number of aryl methyl sites for hydroxylation is 1. The fourth-order valence-corrected chi connectivity index (χ4v) is 4.13. The van der Waals surface area contributed by atoms with Crippen LogP contribution in [0.15, 0.2) is 42.5 Å². The third-order valence-corrected chi connectivity index (χ3v) is 6.46. The van der Waals surface area contributed by atoms with E-state index in [4.69, 9.17) is 14.3 Å². The molecule has 1 fully saturated rings. The molecule has 0 spiro atoms. The molecule has 1 heterocycles. The van der Waals surface area contributed by atoms with E-state index in [1.807, 2.05) is 58.0 Å². The highest BCUT2D eigenvalue weighted by Crippen LogP contribution is 2.34. The molecule has 2 amide bonds. The summed E-state index contributed by atoms with van der Waals surface area (Å²) < 4.78 is 11.7. The van der Waals surface area contributed by atoms with Crippen molar-refractivity contribution in [1.29, 1.82) is 0 Å². The fourth-order valence-electron chi connectivity index (χ4n) is 4.13. The summed E-state index contributed by atoms with van der Waals surface area (Å²) in [4.78, 5) is 32.2. The smallest absolute Gasteiger partial charge is 0.351 e. The summed E-state index contributed by atoms with van der Waals surface area (Å²) in [6.45, 7) is 10.5. The number of hydrogen-bond acceptors (Lipinski definition) is 6. The predicted molar refractivity (Wildman–Crippen MR) is 139 cm³/mol. The molecule has 0 aromatic heterocycles. The Bertz CT molecular complexity index is 967. The summed E-state index contributed by atoms with van der Waals surface area (Å²) in [5, 5.41) is 3.03. The molecule has 2 aromatic carbocycles. The van der Waals surface area contributed by atoms with Gasteiger partial charge in [-0.15, -0.1) is 0 Å². The Morgan fingerprint density at radius 2 is 1.69 bits per heavy atom. The molecule has 0 radical (unpaired) electrons. The molecule has 1 aliphatic rings. The van der Waals surface area contributed by atoms with E-state index >= 15 is 0 Å². The Morgan fingerprint density at radius 3 is 2.25 bits per heavy atom. The van der Waals surface area contributed by atoms with Crippen LogP contribution in [0.25, 0.3) is 0 Å². The van der Waals surface area contributed by atoms with Crippen molar-refractivity contribution in [1.82, 2.24) is 15.7 Å². The van der Waals surface area contributed by atoms with Gasteiger partial charge in [-0.1, -0.05) is 30.3 Å². The second-order valence-electron chi connectivity index (χ2n) is 9.00. The molecule has 0 bridgehead atoms. The second-order valence-corrected chi connectivity index (χ2v) is 9.00. The van der Waals surface area contributed by atoms with Crippen LogP contribution in [0.1, 0.15) is 56.3 Å². The maximum absolute atomic E-state index is 13.2. The van der Waals surface area contributed by atoms with Crippen molar-refractivity contribution in [2.24, 2.45) is 5.92 Å². The van der Waals surface area contributed by atoms with Gasteiger partial charge in [0.15, 0.2) is 0 Å². The molecule has 1 aliphatic heterocycles. The van der Waals surface area contributed by atoms with Crippen molar-refractivity contribution in [2.45, 2.75) is 53.0 Å². The molecule has 196 valence electrons. The SMILES string of the molecule is CCOc1cc([C@@H](C)N(CCCCc2ccccc2)C(=O)NOC(=O)C2CNC2)cc(OCC)c1C. The van der Waals surface area contributed by atoms with E-state index in [1.54, 1.807) is 4.90 Å². The first-order valence-electron chi connectivity index (χ1n) is 12.9. The van der Waals surface area contributed by atoms with Gasteiger partial charge in [0.2, 0.25) is 0 Å². The van der Waals surface area contributed by atoms with Crippen LogP contribution in [0.4, 0.5) is 4.79 Å². The van der Waals surface area contributed by atoms with E-state index in [0.29, 0.717) is 32.8 Å². The third-order valence-electron chi connectivity index (χ3n) is 6.46. The molecule has 8 nitrogen and oxygen atoms in total. The number of rotatable bonds is 12. The Labute approximate surface area is 214 Å². The summed E-state index contributed by atoms with van der Waals surface area (Å²) >= 11 is 0. The van der Waals surface area contributed by atoms with E-state index in [1.165, 1.54) is 5.56 Å². The van der Waals surface area contributed by atoms with Crippen molar-refractivity contribution in [2.75, 3.05) is 32.8 Å². The second kappa shape index (κ2) is 13.7. The van der Waals surface area contributed by atoms with Gasteiger partial charge in [-0.2, -0.15) is 5.48 Å². The van der Waals surface area contributed by atoms with Crippen molar-refractivity contribution in [3.8, 4) is 11.5 Å². The monoisotopic (exact) mass is 497 g/mol. The maximum Gasteiger partial charge on any atom is 0.351 e. The Kier molecular flexibility index (Phi) is 10.4. The average Bonchev–Trinajstić information content (AvgIpc) is 2.84. The maximum atomic E-state index is 13.2. The normalized spacial score (nSPS) is 13.9. The first-order valence-corrected chi connectivity index (χ1v) is 12.9. The number of hydroxylamine groups is 1. The van der Waals surface area contributed by atoms with Gasteiger partial charge < -0.3 is 24.5 Å².